The third-order valence-corrected chi connectivity index (χ3v) is 8.44. The van der Waals surface area contributed by atoms with Crippen LogP contribution in [-0.4, -0.2) is 80.6 Å². The summed E-state index contributed by atoms with van der Waals surface area (Å²) in [5.74, 6) is -0.407. The quantitative estimate of drug-likeness (QED) is 0.440. The van der Waals surface area contributed by atoms with E-state index in [-0.39, 0.29) is 6.61 Å². The minimum Gasteiger partial charge on any atom is -0.447 e. The summed E-state index contributed by atoms with van der Waals surface area (Å²) < 4.78 is 17.2. The highest BCUT2D eigenvalue weighted by atomic mass is 35.5. The molecule has 2 aliphatic heterocycles. The number of alkyl halides is 1. The number of hydrogen-bond donors (Lipinski definition) is 1. The molecule has 1 aromatic rings. The average Bonchev–Trinajstić information content (AvgIpc) is 3.38. The first-order valence-electron chi connectivity index (χ1n) is 14.3. The van der Waals surface area contributed by atoms with E-state index in [1.54, 1.807) is 39.5 Å². The lowest BCUT2D eigenvalue weighted by atomic mass is 9.82. The number of amides is 3. The van der Waals surface area contributed by atoms with Gasteiger partial charge in [0.05, 0.1) is 12.1 Å². The first-order valence-corrected chi connectivity index (χ1v) is 14.8. The topological polar surface area (TPSA) is 106 Å². The van der Waals surface area contributed by atoms with Gasteiger partial charge in [-0.3, -0.25) is 9.69 Å². The van der Waals surface area contributed by atoms with Crippen molar-refractivity contribution in [1.82, 2.24) is 9.80 Å². The molecular weight excluding hydrogens is 536 g/mol. The standard InChI is InChI=1S/C30H43ClN2O7/c1-29(2,3)40-28(37)33-22(17-20-14-10-7-11-15-20)25(39-30(33,4)5)24(34)23(31)26(35)32-21(18-38-27(32)36)16-19-12-8-6-9-13-19/h6,8-9,12-13,20-25,34H,7,10-11,14-18H2,1-5H3/t21-,22-,23-,24-,25+/m0/s1. The van der Waals surface area contributed by atoms with E-state index in [4.69, 9.17) is 25.8 Å². The van der Waals surface area contributed by atoms with Gasteiger partial charge in [-0.15, -0.1) is 11.6 Å². The monoisotopic (exact) mass is 578 g/mol. The molecule has 0 bridgehead atoms. The van der Waals surface area contributed by atoms with Gasteiger partial charge >= 0.3 is 12.2 Å². The van der Waals surface area contributed by atoms with Crippen molar-refractivity contribution in [2.75, 3.05) is 6.61 Å². The summed E-state index contributed by atoms with van der Waals surface area (Å²) in [4.78, 5) is 42.2. The molecule has 3 fully saturated rings. The van der Waals surface area contributed by atoms with E-state index in [2.05, 4.69) is 0 Å². The molecule has 3 amide bonds. The third-order valence-electron chi connectivity index (χ3n) is 7.99. The molecule has 0 radical (unpaired) electrons. The van der Waals surface area contributed by atoms with Gasteiger partial charge in [0.15, 0.2) is 0 Å². The van der Waals surface area contributed by atoms with Crippen molar-refractivity contribution < 1.29 is 33.7 Å². The maximum atomic E-state index is 13.6. The zero-order chi connectivity index (χ0) is 29.2. The average molecular weight is 579 g/mol. The number of carbonyl (C=O) groups excluding carboxylic acids is 3. The molecule has 0 aromatic heterocycles. The van der Waals surface area contributed by atoms with Crippen LogP contribution in [0.15, 0.2) is 30.3 Å². The van der Waals surface area contributed by atoms with E-state index in [1.165, 1.54) is 6.42 Å². The van der Waals surface area contributed by atoms with Gasteiger partial charge in [-0.25, -0.2) is 14.5 Å². The van der Waals surface area contributed by atoms with Crippen LogP contribution in [0.2, 0.25) is 0 Å². The molecule has 1 saturated carbocycles. The number of hydrogen-bond acceptors (Lipinski definition) is 7. The molecule has 1 aromatic carbocycles. The van der Waals surface area contributed by atoms with Crippen molar-refractivity contribution >= 4 is 29.7 Å². The first kappa shape index (κ1) is 30.6. The molecule has 4 rings (SSSR count). The van der Waals surface area contributed by atoms with Crippen molar-refractivity contribution in [3.8, 4) is 0 Å². The van der Waals surface area contributed by atoms with Crippen LogP contribution in [0.5, 0.6) is 0 Å². The maximum Gasteiger partial charge on any atom is 0.417 e. The Kier molecular flexibility index (Phi) is 9.37. The molecule has 5 atom stereocenters. The fourth-order valence-corrected chi connectivity index (χ4v) is 6.44. The van der Waals surface area contributed by atoms with Crippen LogP contribution in [0.3, 0.4) is 0 Å². The highest BCUT2D eigenvalue weighted by molar-refractivity contribution is 6.32. The Bertz CT molecular complexity index is 1050. The number of carbonyl (C=O) groups is 3. The van der Waals surface area contributed by atoms with E-state index in [0.717, 1.165) is 36.1 Å². The predicted molar refractivity (Wildman–Crippen MR) is 150 cm³/mol. The zero-order valence-electron chi connectivity index (χ0n) is 24.2. The number of nitrogens with zero attached hydrogens (tertiary/aromatic N) is 2. The van der Waals surface area contributed by atoms with Crippen molar-refractivity contribution in [1.29, 1.82) is 0 Å². The molecule has 2 saturated heterocycles. The van der Waals surface area contributed by atoms with E-state index in [0.29, 0.717) is 18.8 Å². The Morgan fingerprint density at radius 3 is 2.42 bits per heavy atom. The fraction of sp³-hybridized carbons (Fsp3) is 0.700. The summed E-state index contributed by atoms with van der Waals surface area (Å²) >= 11 is 6.65. The predicted octanol–water partition coefficient (Wildman–Crippen LogP) is 5.26. The molecule has 40 heavy (non-hydrogen) atoms. The number of aliphatic hydroxyl groups is 1. The lowest BCUT2D eigenvalue weighted by Gasteiger charge is -2.37. The van der Waals surface area contributed by atoms with Crippen molar-refractivity contribution in [2.24, 2.45) is 5.92 Å². The molecule has 0 spiro atoms. The van der Waals surface area contributed by atoms with E-state index in [1.807, 2.05) is 30.3 Å². The van der Waals surface area contributed by atoms with Crippen LogP contribution < -0.4 is 0 Å². The normalized spacial score (nSPS) is 26.9. The van der Waals surface area contributed by atoms with Gasteiger partial charge in [0.1, 0.15) is 35.5 Å². The summed E-state index contributed by atoms with van der Waals surface area (Å²) in [7, 11) is 0. The Labute approximate surface area is 242 Å². The number of cyclic esters (lactones) is 1. The van der Waals surface area contributed by atoms with Crippen LogP contribution in [0.1, 0.15) is 78.7 Å². The third kappa shape index (κ3) is 6.92. The molecule has 222 valence electrons. The number of aliphatic hydroxyl groups excluding tert-OH is 1. The smallest absolute Gasteiger partial charge is 0.417 e. The maximum absolute atomic E-state index is 13.6. The van der Waals surface area contributed by atoms with Crippen LogP contribution >= 0.6 is 11.6 Å². The highest BCUT2D eigenvalue weighted by Gasteiger charge is 2.56. The molecule has 3 aliphatic rings. The number of imide groups is 1. The molecule has 0 unspecified atom stereocenters. The molecule has 2 heterocycles. The van der Waals surface area contributed by atoms with Gasteiger partial charge in [0.25, 0.3) is 5.91 Å². The van der Waals surface area contributed by atoms with Crippen molar-refractivity contribution in [2.45, 2.75) is 121 Å². The Morgan fingerprint density at radius 2 is 1.80 bits per heavy atom. The number of ether oxygens (including phenoxy) is 3. The van der Waals surface area contributed by atoms with Gasteiger partial charge in [-0.2, -0.15) is 0 Å². The number of rotatable bonds is 7. The first-order chi connectivity index (χ1) is 18.8. The summed E-state index contributed by atoms with van der Waals surface area (Å²) in [6, 6.07) is 8.37. The minimum atomic E-state index is -1.49. The lowest BCUT2D eigenvalue weighted by molar-refractivity contribution is -0.136. The Morgan fingerprint density at radius 1 is 1.15 bits per heavy atom. The van der Waals surface area contributed by atoms with Crippen LogP contribution in [0.4, 0.5) is 9.59 Å². The molecular formula is C30H43ClN2O7. The van der Waals surface area contributed by atoms with Gasteiger partial charge < -0.3 is 19.3 Å². The largest absolute Gasteiger partial charge is 0.447 e. The van der Waals surface area contributed by atoms with Crippen LogP contribution in [0.25, 0.3) is 0 Å². The van der Waals surface area contributed by atoms with Crippen molar-refractivity contribution in [3.63, 3.8) is 0 Å². The minimum absolute atomic E-state index is 0.0445. The van der Waals surface area contributed by atoms with E-state index >= 15 is 0 Å². The SMILES string of the molecule is CC(C)(C)OC(=O)N1[C@@H](CC2CCCCC2)[C@H]([C@@H](O)[C@H](Cl)C(=O)N2C(=O)OC[C@@H]2Cc2ccccc2)OC1(C)C. The van der Waals surface area contributed by atoms with Crippen molar-refractivity contribution in [3.05, 3.63) is 35.9 Å². The second-order valence-corrected chi connectivity index (χ2v) is 13.2. The second-order valence-electron chi connectivity index (χ2n) is 12.7. The summed E-state index contributed by atoms with van der Waals surface area (Å²) in [5.41, 5.74) is -0.902. The summed E-state index contributed by atoms with van der Waals surface area (Å²) in [6.45, 7) is 8.93. The zero-order valence-corrected chi connectivity index (χ0v) is 24.9. The highest BCUT2D eigenvalue weighted by Crippen LogP contribution is 2.41. The van der Waals surface area contributed by atoms with Crippen LogP contribution in [0, 0.1) is 5.92 Å². The number of benzene rings is 1. The molecule has 10 heteroatoms. The van der Waals surface area contributed by atoms with Gasteiger partial charge in [-0.05, 0) is 58.9 Å². The second kappa shape index (κ2) is 12.2. The molecule has 1 aliphatic carbocycles. The van der Waals surface area contributed by atoms with E-state index < -0.39 is 59.1 Å². The Balaban J connectivity index is 1.56. The Hall–Kier alpha value is -2.36. The van der Waals surface area contributed by atoms with Gasteiger partial charge in [-0.1, -0.05) is 62.4 Å². The van der Waals surface area contributed by atoms with Gasteiger partial charge in [0, 0.05) is 0 Å². The summed E-state index contributed by atoms with van der Waals surface area (Å²) in [5, 5.41) is 10.1. The molecule has 1 N–H and O–H groups in total. The number of halogens is 1. The lowest BCUT2D eigenvalue weighted by Crippen LogP contribution is -2.54. The molecule has 9 nitrogen and oxygen atoms in total. The summed E-state index contributed by atoms with van der Waals surface area (Å²) in [6.07, 6.45) is 2.66. The fourth-order valence-electron chi connectivity index (χ4n) is 6.19. The van der Waals surface area contributed by atoms with Gasteiger partial charge in [0.2, 0.25) is 0 Å². The van der Waals surface area contributed by atoms with Crippen LogP contribution in [-0.2, 0) is 25.4 Å². The van der Waals surface area contributed by atoms with E-state index in [9.17, 15) is 19.5 Å².